The molecule has 1 aromatic heterocycles. The van der Waals surface area contributed by atoms with Crippen LogP contribution in [0.25, 0.3) is 0 Å². The van der Waals surface area contributed by atoms with Crippen molar-refractivity contribution in [1.82, 2.24) is 14.9 Å². The lowest BCUT2D eigenvalue weighted by molar-refractivity contribution is 0.129. The van der Waals surface area contributed by atoms with Crippen molar-refractivity contribution in [2.75, 3.05) is 30.7 Å². The van der Waals surface area contributed by atoms with Gasteiger partial charge in [-0.25, -0.2) is 4.98 Å². The lowest BCUT2D eigenvalue weighted by atomic mass is 9.96. The molecule has 6 heteroatoms. The van der Waals surface area contributed by atoms with Gasteiger partial charge in [-0.3, -0.25) is 0 Å². The maximum absolute atomic E-state index is 8.84. The summed E-state index contributed by atoms with van der Waals surface area (Å²) in [4.78, 5) is 11.0. The molecule has 2 aliphatic rings. The van der Waals surface area contributed by atoms with Crippen LogP contribution in [-0.4, -0.2) is 40.5 Å². The number of nitrogen functional groups attached to an aromatic ring is 1. The molecular weight excluding hydrogens is 276 g/mol. The van der Waals surface area contributed by atoms with E-state index < -0.39 is 0 Å². The monoisotopic (exact) mass is 300 g/mol. The smallest absolute Gasteiger partial charge is 0.224 e. The zero-order valence-corrected chi connectivity index (χ0v) is 13.0. The van der Waals surface area contributed by atoms with E-state index in [0.29, 0.717) is 17.4 Å². The molecule has 1 unspecified atom stereocenters. The fourth-order valence-corrected chi connectivity index (χ4v) is 3.67. The van der Waals surface area contributed by atoms with Crippen molar-refractivity contribution < 1.29 is 0 Å². The van der Waals surface area contributed by atoms with Crippen LogP contribution >= 0.6 is 0 Å². The van der Waals surface area contributed by atoms with Crippen LogP contribution < -0.4 is 11.1 Å². The van der Waals surface area contributed by atoms with Crippen molar-refractivity contribution in [3.05, 3.63) is 11.8 Å². The van der Waals surface area contributed by atoms with Crippen molar-refractivity contribution in [1.29, 1.82) is 5.26 Å². The second-order valence-corrected chi connectivity index (χ2v) is 6.43. The highest BCUT2D eigenvalue weighted by Crippen LogP contribution is 2.28. The molecule has 3 N–H and O–H groups in total. The molecule has 0 radical (unpaired) electrons. The predicted molar refractivity (Wildman–Crippen MR) is 86.2 cm³/mol. The van der Waals surface area contributed by atoms with E-state index in [1.165, 1.54) is 57.8 Å². The number of piperidine rings is 1. The Morgan fingerprint density at radius 2 is 2.14 bits per heavy atom. The minimum absolute atomic E-state index is 0.247. The summed E-state index contributed by atoms with van der Waals surface area (Å²) in [7, 11) is 0. The van der Waals surface area contributed by atoms with Crippen LogP contribution in [-0.2, 0) is 0 Å². The third-order valence-electron chi connectivity index (χ3n) is 4.88. The van der Waals surface area contributed by atoms with Crippen molar-refractivity contribution in [3.63, 3.8) is 0 Å². The van der Waals surface area contributed by atoms with Crippen LogP contribution in [0.5, 0.6) is 0 Å². The van der Waals surface area contributed by atoms with Gasteiger partial charge in [-0.15, -0.1) is 0 Å². The van der Waals surface area contributed by atoms with E-state index in [1.807, 2.05) is 6.07 Å². The minimum Gasteiger partial charge on any atom is -0.382 e. The summed E-state index contributed by atoms with van der Waals surface area (Å²) in [6, 6.07) is 2.79. The molecule has 22 heavy (non-hydrogen) atoms. The Morgan fingerprint density at radius 3 is 2.86 bits per heavy atom. The van der Waals surface area contributed by atoms with Crippen LogP contribution in [0.4, 0.5) is 11.8 Å². The number of hydrogen-bond donors (Lipinski definition) is 2. The van der Waals surface area contributed by atoms with E-state index in [-0.39, 0.29) is 5.82 Å². The third-order valence-corrected chi connectivity index (χ3v) is 4.88. The van der Waals surface area contributed by atoms with Crippen LogP contribution in [0.2, 0.25) is 0 Å². The maximum atomic E-state index is 8.84. The summed E-state index contributed by atoms with van der Waals surface area (Å²) in [5.41, 5.74) is 6.05. The number of nitrogens with zero attached hydrogens (tertiary/aromatic N) is 4. The molecule has 2 fully saturated rings. The molecular formula is C16H24N6. The van der Waals surface area contributed by atoms with Gasteiger partial charge in [0.15, 0.2) is 0 Å². The Kier molecular flexibility index (Phi) is 4.74. The maximum Gasteiger partial charge on any atom is 0.224 e. The van der Waals surface area contributed by atoms with Gasteiger partial charge >= 0.3 is 0 Å². The molecule has 0 spiro atoms. The van der Waals surface area contributed by atoms with Crippen molar-refractivity contribution in [2.45, 2.75) is 44.6 Å². The van der Waals surface area contributed by atoms with Crippen LogP contribution in [0.3, 0.4) is 0 Å². The number of aromatic nitrogens is 2. The molecule has 0 amide bonds. The standard InChI is InChI=1S/C16H24N6/c17-8-13-10-20-16(21-15(13)18)19-9-12-4-3-7-22(11-12)14-5-1-2-6-14/h10,12,14H,1-7,9,11H2,(H3,18,19,20,21). The van der Waals surface area contributed by atoms with E-state index in [2.05, 4.69) is 20.2 Å². The highest BCUT2D eigenvalue weighted by atomic mass is 15.2. The van der Waals surface area contributed by atoms with Crippen molar-refractivity contribution in [2.24, 2.45) is 5.92 Å². The molecule has 1 atom stereocenters. The van der Waals surface area contributed by atoms with Gasteiger partial charge < -0.3 is 16.0 Å². The SMILES string of the molecule is N#Cc1cnc(NCC2CCCN(C3CCCC3)C2)nc1N. The molecule has 1 aliphatic carbocycles. The summed E-state index contributed by atoms with van der Waals surface area (Å²) in [5.74, 6) is 1.40. The molecule has 3 rings (SSSR count). The number of likely N-dealkylation sites (tertiary alicyclic amines) is 1. The Hall–Kier alpha value is -1.87. The van der Waals surface area contributed by atoms with Gasteiger partial charge in [0, 0.05) is 19.1 Å². The summed E-state index contributed by atoms with van der Waals surface area (Å²) in [6.45, 7) is 3.29. The highest BCUT2D eigenvalue weighted by Gasteiger charge is 2.27. The normalized spacial score (nSPS) is 23.3. The van der Waals surface area contributed by atoms with Gasteiger partial charge in [0.25, 0.3) is 0 Å². The fourth-order valence-electron chi connectivity index (χ4n) is 3.67. The largest absolute Gasteiger partial charge is 0.382 e. The van der Waals surface area contributed by atoms with Gasteiger partial charge in [0.05, 0.1) is 6.20 Å². The fraction of sp³-hybridized carbons (Fsp3) is 0.688. The summed E-state index contributed by atoms with van der Waals surface area (Å²) >= 11 is 0. The second-order valence-electron chi connectivity index (χ2n) is 6.43. The second kappa shape index (κ2) is 6.93. The van der Waals surface area contributed by atoms with Gasteiger partial charge in [0.2, 0.25) is 5.95 Å². The summed E-state index contributed by atoms with van der Waals surface area (Å²) < 4.78 is 0. The minimum atomic E-state index is 0.247. The molecule has 1 aromatic rings. The van der Waals surface area contributed by atoms with Gasteiger partial charge in [-0.05, 0) is 38.1 Å². The Labute approximate surface area is 131 Å². The number of nitrogens with one attached hydrogen (secondary N) is 1. The average Bonchev–Trinajstić information content (AvgIpc) is 3.08. The molecule has 1 saturated heterocycles. The number of nitriles is 1. The zero-order chi connectivity index (χ0) is 15.4. The van der Waals surface area contributed by atoms with E-state index in [0.717, 1.165) is 12.6 Å². The first kappa shape index (κ1) is 15.0. The molecule has 0 aromatic carbocycles. The number of hydrogen-bond acceptors (Lipinski definition) is 6. The van der Waals surface area contributed by atoms with Crippen LogP contribution in [0.15, 0.2) is 6.20 Å². The molecule has 1 aliphatic heterocycles. The quantitative estimate of drug-likeness (QED) is 0.883. The van der Waals surface area contributed by atoms with E-state index in [4.69, 9.17) is 11.0 Å². The molecule has 2 heterocycles. The van der Waals surface area contributed by atoms with Crippen molar-refractivity contribution >= 4 is 11.8 Å². The Balaban J connectivity index is 1.52. The molecule has 118 valence electrons. The number of nitrogens with two attached hydrogens (primary N) is 1. The Morgan fingerprint density at radius 1 is 1.32 bits per heavy atom. The van der Waals surface area contributed by atoms with E-state index in [9.17, 15) is 0 Å². The lowest BCUT2D eigenvalue weighted by Crippen LogP contribution is -2.43. The van der Waals surface area contributed by atoms with Gasteiger partial charge in [0.1, 0.15) is 17.5 Å². The first-order valence-corrected chi connectivity index (χ1v) is 8.27. The lowest BCUT2D eigenvalue weighted by Gasteiger charge is -2.36. The third kappa shape index (κ3) is 3.47. The topological polar surface area (TPSA) is 90.9 Å². The molecule has 6 nitrogen and oxygen atoms in total. The predicted octanol–water partition coefficient (Wildman–Crippen LogP) is 2.00. The highest BCUT2D eigenvalue weighted by molar-refractivity contribution is 5.49. The average molecular weight is 300 g/mol. The van der Waals surface area contributed by atoms with Gasteiger partial charge in [-0.2, -0.15) is 10.2 Å². The summed E-state index contributed by atoms with van der Waals surface area (Å²) in [5, 5.41) is 12.1. The van der Waals surface area contributed by atoms with Crippen LogP contribution in [0.1, 0.15) is 44.1 Å². The molecule has 0 bridgehead atoms. The van der Waals surface area contributed by atoms with Crippen molar-refractivity contribution in [3.8, 4) is 6.07 Å². The first-order chi connectivity index (χ1) is 10.8. The number of rotatable bonds is 4. The van der Waals surface area contributed by atoms with Gasteiger partial charge in [-0.1, -0.05) is 12.8 Å². The van der Waals surface area contributed by atoms with E-state index in [1.54, 1.807) is 0 Å². The summed E-state index contributed by atoms with van der Waals surface area (Å²) in [6.07, 6.45) is 9.53. The zero-order valence-electron chi connectivity index (χ0n) is 13.0. The van der Waals surface area contributed by atoms with Crippen LogP contribution in [0, 0.1) is 17.2 Å². The Bertz CT molecular complexity index is 546. The molecule has 1 saturated carbocycles. The van der Waals surface area contributed by atoms with E-state index >= 15 is 0 Å². The number of anilines is 2. The first-order valence-electron chi connectivity index (χ1n) is 8.27.